The van der Waals surface area contributed by atoms with E-state index in [0.29, 0.717) is 17.3 Å². The average Bonchev–Trinajstić information content (AvgIpc) is 2.94. The van der Waals surface area contributed by atoms with Crippen LogP contribution in [0.3, 0.4) is 0 Å². The lowest BCUT2D eigenvalue weighted by atomic mass is 10.1. The highest BCUT2D eigenvalue weighted by atomic mass is 35.5. The van der Waals surface area contributed by atoms with Crippen LogP contribution >= 0.6 is 11.6 Å². The fourth-order valence-corrected chi connectivity index (χ4v) is 3.56. The van der Waals surface area contributed by atoms with Crippen molar-refractivity contribution in [3.63, 3.8) is 0 Å². The SMILES string of the molecule is CC(C)Oc1c(Cl)ncn2nc(NC3CCN(C[SH](=O)=O)CC3)nc12. The highest BCUT2D eigenvalue weighted by Crippen LogP contribution is 2.28. The first-order chi connectivity index (χ1) is 11.9. The smallest absolute Gasteiger partial charge is 0.243 e. The second-order valence-corrected chi connectivity index (χ2v) is 7.55. The first kappa shape index (κ1) is 18.2. The molecule has 0 unspecified atom stereocenters. The summed E-state index contributed by atoms with van der Waals surface area (Å²) in [7, 11) is -2.37. The molecule has 1 aliphatic heterocycles. The van der Waals surface area contributed by atoms with E-state index < -0.39 is 10.7 Å². The van der Waals surface area contributed by atoms with Gasteiger partial charge in [-0.1, -0.05) is 11.6 Å². The molecule has 0 aromatic carbocycles. The van der Waals surface area contributed by atoms with Gasteiger partial charge in [0.05, 0.1) is 12.0 Å². The highest BCUT2D eigenvalue weighted by molar-refractivity contribution is 7.72. The highest BCUT2D eigenvalue weighted by Gasteiger charge is 2.22. The maximum absolute atomic E-state index is 10.8. The van der Waals surface area contributed by atoms with Gasteiger partial charge in [0.2, 0.25) is 17.3 Å². The van der Waals surface area contributed by atoms with Gasteiger partial charge >= 0.3 is 0 Å². The largest absolute Gasteiger partial charge is 0.484 e. The molecular formula is C14H21ClN6O3S. The van der Waals surface area contributed by atoms with Crippen LogP contribution < -0.4 is 10.1 Å². The summed E-state index contributed by atoms with van der Waals surface area (Å²) in [5.41, 5.74) is 0.511. The van der Waals surface area contributed by atoms with Crippen LogP contribution in [0.25, 0.3) is 5.65 Å². The minimum Gasteiger partial charge on any atom is -0.484 e. The normalized spacial score (nSPS) is 16.8. The van der Waals surface area contributed by atoms with E-state index in [0.717, 1.165) is 25.9 Å². The Morgan fingerprint density at radius 2 is 2.12 bits per heavy atom. The summed E-state index contributed by atoms with van der Waals surface area (Å²) >= 11 is 6.11. The Morgan fingerprint density at radius 1 is 1.40 bits per heavy atom. The molecule has 3 heterocycles. The molecule has 0 bridgehead atoms. The van der Waals surface area contributed by atoms with E-state index in [1.165, 1.54) is 10.8 Å². The maximum atomic E-state index is 10.8. The Hall–Kier alpha value is -1.65. The topological polar surface area (TPSA) is 102 Å². The molecule has 0 aliphatic carbocycles. The number of nitrogens with zero attached hydrogens (tertiary/aromatic N) is 5. The molecular weight excluding hydrogens is 368 g/mol. The number of fused-ring (bicyclic) bond motifs is 1. The Balaban J connectivity index is 1.71. The van der Waals surface area contributed by atoms with Gasteiger partial charge < -0.3 is 10.1 Å². The third-order valence-electron chi connectivity index (χ3n) is 3.89. The molecule has 3 rings (SSSR count). The van der Waals surface area contributed by atoms with Crippen molar-refractivity contribution in [3.05, 3.63) is 11.5 Å². The van der Waals surface area contributed by atoms with E-state index in [1.54, 1.807) is 0 Å². The Kier molecular flexibility index (Phi) is 5.60. The molecule has 138 valence electrons. The number of nitrogens with one attached hydrogen (secondary N) is 1. The molecule has 11 heteroatoms. The van der Waals surface area contributed by atoms with Crippen molar-refractivity contribution in [2.24, 2.45) is 0 Å². The van der Waals surface area contributed by atoms with Crippen LogP contribution in [0.4, 0.5) is 5.95 Å². The second-order valence-electron chi connectivity index (χ2n) is 6.25. The lowest BCUT2D eigenvalue weighted by molar-refractivity contribution is 0.243. The average molecular weight is 389 g/mol. The first-order valence-electron chi connectivity index (χ1n) is 8.10. The monoisotopic (exact) mass is 388 g/mol. The maximum Gasteiger partial charge on any atom is 0.243 e. The molecule has 0 radical (unpaired) electrons. The van der Waals surface area contributed by atoms with Crippen molar-refractivity contribution in [1.29, 1.82) is 0 Å². The van der Waals surface area contributed by atoms with Crippen molar-refractivity contribution >= 4 is 33.9 Å². The molecule has 1 N–H and O–H groups in total. The van der Waals surface area contributed by atoms with E-state index in [2.05, 4.69) is 20.4 Å². The van der Waals surface area contributed by atoms with Crippen LogP contribution in [0.1, 0.15) is 26.7 Å². The molecule has 0 atom stereocenters. The number of rotatable bonds is 6. The lowest BCUT2D eigenvalue weighted by Gasteiger charge is -2.30. The Morgan fingerprint density at radius 3 is 2.76 bits per heavy atom. The third kappa shape index (κ3) is 4.50. The number of ether oxygens (including phenoxy) is 1. The van der Waals surface area contributed by atoms with E-state index in [-0.39, 0.29) is 23.2 Å². The van der Waals surface area contributed by atoms with Crippen molar-refractivity contribution < 1.29 is 13.2 Å². The molecule has 1 fully saturated rings. The summed E-state index contributed by atoms with van der Waals surface area (Å²) < 4.78 is 28.8. The van der Waals surface area contributed by atoms with E-state index in [1.807, 2.05) is 18.7 Å². The van der Waals surface area contributed by atoms with E-state index in [9.17, 15) is 8.42 Å². The van der Waals surface area contributed by atoms with Gasteiger partial charge in [0.15, 0.2) is 15.9 Å². The summed E-state index contributed by atoms with van der Waals surface area (Å²) in [6, 6.07) is 0.191. The van der Waals surface area contributed by atoms with Gasteiger partial charge in [-0.15, -0.1) is 5.10 Å². The van der Waals surface area contributed by atoms with Gasteiger partial charge in [0, 0.05) is 19.1 Å². The Labute approximate surface area is 152 Å². The minimum absolute atomic E-state index is 0.0598. The summed E-state index contributed by atoms with van der Waals surface area (Å²) in [5.74, 6) is 1.01. The molecule has 1 saturated heterocycles. The zero-order valence-corrected chi connectivity index (χ0v) is 15.7. The summed E-state index contributed by atoms with van der Waals surface area (Å²) in [4.78, 5) is 10.5. The number of halogens is 1. The molecule has 9 nitrogen and oxygen atoms in total. The van der Waals surface area contributed by atoms with Crippen LogP contribution in [0, 0.1) is 0 Å². The number of aromatic nitrogens is 4. The van der Waals surface area contributed by atoms with Crippen LogP contribution in [0.2, 0.25) is 5.15 Å². The van der Waals surface area contributed by atoms with Gasteiger partial charge in [0.25, 0.3) is 0 Å². The Bertz CT molecular complexity index is 808. The van der Waals surface area contributed by atoms with Crippen molar-refractivity contribution in [2.45, 2.75) is 38.8 Å². The van der Waals surface area contributed by atoms with E-state index >= 15 is 0 Å². The number of anilines is 1. The van der Waals surface area contributed by atoms with Crippen LogP contribution in [0.5, 0.6) is 5.75 Å². The third-order valence-corrected chi connectivity index (χ3v) is 4.79. The molecule has 1 aliphatic rings. The zero-order chi connectivity index (χ0) is 18.0. The number of likely N-dealkylation sites (tertiary alicyclic amines) is 1. The number of thiol groups is 1. The van der Waals surface area contributed by atoms with E-state index in [4.69, 9.17) is 16.3 Å². The molecule has 25 heavy (non-hydrogen) atoms. The molecule has 2 aromatic heterocycles. The summed E-state index contributed by atoms with van der Waals surface area (Å²) in [6.07, 6.45) is 3.09. The minimum atomic E-state index is -2.37. The molecule has 0 saturated carbocycles. The zero-order valence-electron chi connectivity index (χ0n) is 14.1. The number of hydrogen-bond acceptors (Lipinski definition) is 8. The van der Waals surface area contributed by atoms with Crippen LogP contribution in [0.15, 0.2) is 6.33 Å². The number of piperidine rings is 1. The van der Waals surface area contributed by atoms with Gasteiger partial charge in [-0.3, -0.25) is 4.90 Å². The van der Waals surface area contributed by atoms with Crippen molar-refractivity contribution in [1.82, 2.24) is 24.5 Å². The lowest BCUT2D eigenvalue weighted by Crippen LogP contribution is -2.40. The fourth-order valence-electron chi connectivity index (χ4n) is 2.78. The van der Waals surface area contributed by atoms with Gasteiger partial charge in [-0.05, 0) is 26.7 Å². The molecule has 0 amide bonds. The fraction of sp³-hybridized carbons (Fsp3) is 0.643. The number of hydrogen-bond donors (Lipinski definition) is 2. The van der Waals surface area contributed by atoms with Crippen molar-refractivity contribution in [2.75, 3.05) is 24.3 Å². The van der Waals surface area contributed by atoms with Crippen LogP contribution in [-0.4, -0.2) is 64.0 Å². The summed E-state index contributed by atoms with van der Waals surface area (Å²) in [6.45, 7) is 5.25. The van der Waals surface area contributed by atoms with Crippen LogP contribution in [-0.2, 0) is 10.7 Å². The first-order valence-corrected chi connectivity index (χ1v) is 9.84. The standard InChI is InChI=1S/C14H21ClN6O3S/c1-9(2)24-11-12(15)16-7-21-13(11)18-14(19-21)17-10-3-5-20(6-4-10)8-25(22)23/h7,9-10,25H,3-6,8H2,1-2H3,(H,17,19). The van der Waals surface area contributed by atoms with Gasteiger partial charge in [0.1, 0.15) is 6.33 Å². The second kappa shape index (κ2) is 7.71. The summed E-state index contributed by atoms with van der Waals surface area (Å²) in [5, 5.41) is 7.91. The van der Waals surface area contributed by atoms with Gasteiger partial charge in [-0.25, -0.2) is 13.4 Å². The molecule has 2 aromatic rings. The predicted molar refractivity (Wildman–Crippen MR) is 95.0 cm³/mol. The molecule has 0 spiro atoms. The quantitative estimate of drug-likeness (QED) is 0.558. The van der Waals surface area contributed by atoms with Gasteiger partial charge in [-0.2, -0.15) is 9.50 Å². The predicted octanol–water partition coefficient (Wildman–Crippen LogP) is 1.01. The van der Waals surface area contributed by atoms with Crippen molar-refractivity contribution in [3.8, 4) is 5.75 Å².